The fourth-order valence-electron chi connectivity index (χ4n) is 5.52. The molecule has 46 heavy (non-hydrogen) atoms. The number of nitrogens with zero attached hydrogens (tertiary/aromatic N) is 1. The summed E-state index contributed by atoms with van der Waals surface area (Å²) >= 11 is 1.77. The summed E-state index contributed by atoms with van der Waals surface area (Å²) in [5.74, 6) is 1.90. The van der Waals surface area contributed by atoms with Crippen molar-refractivity contribution in [3.63, 3.8) is 0 Å². The monoisotopic (exact) mass is 711 g/mol. The first-order valence-corrected chi connectivity index (χ1v) is 21.8. The molecule has 0 heterocycles. The van der Waals surface area contributed by atoms with Gasteiger partial charge in [0.15, 0.2) is 8.80 Å². The van der Waals surface area contributed by atoms with Gasteiger partial charge in [-0.2, -0.15) is 0 Å². The Morgan fingerprint density at radius 3 is 1.30 bits per heavy atom. The van der Waals surface area contributed by atoms with Crippen LogP contribution in [0.5, 0.6) is 0 Å². The summed E-state index contributed by atoms with van der Waals surface area (Å²) in [5, 5.41) is 4.29. The molecule has 0 N–H and O–H groups in total. The minimum absolute atomic E-state index is 0. The molecular formula is C42H63GeNSi2. The fourth-order valence-corrected chi connectivity index (χ4v) is 11.6. The second-order valence-electron chi connectivity index (χ2n) is 12.9. The van der Waals surface area contributed by atoms with Crippen molar-refractivity contribution in [1.82, 2.24) is 0 Å². The Hall–Kier alpha value is -2.34. The van der Waals surface area contributed by atoms with Crippen molar-refractivity contribution < 1.29 is 0 Å². The number of anilines is 1. The zero-order valence-corrected chi connectivity index (χ0v) is 34.5. The Kier molecular flexibility index (Phi) is 19.5. The zero-order chi connectivity index (χ0) is 33.5. The van der Waals surface area contributed by atoms with E-state index in [1.54, 1.807) is 32.0 Å². The van der Waals surface area contributed by atoms with Crippen LogP contribution in [0.4, 0.5) is 5.69 Å². The SMILES string of the molecule is C.CC(C)c1cc(C(C)C)[c]([GeH])c(C(C)C)c1.CC[Si](CC)CC.CN(C)c1ccccc1[Si](c1ccccc1)c1ccccc1. The fraction of sp³-hybridized carbons (Fsp3) is 0.429. The van der Waals surface area contributed by atoms with Gasteiger partial charge in [0, 0.05) is 28.6 Å². The van der Waals surface area contributed by atoms with Crippen LogP contribution in [0.2, 0.25) is 18.1 Å². The Bertz CT molecular complexity index is 1310. The number of hydrogen-bond acceptors (Lipinski definition) is 1. The molecule has 4 radical (unpaired) electrons. The van der Waals surface area contributed by atoms with Crippen LogP contribution >= 0.6 is 0 Å². The van der Waals surface area contributed by atoms with Crippen LogP contribution in [0.25, 0.3) is 0 Å². The molecule has 1 nitrogen and oxygen atoms in total. The molecule has 4 rings (SSSR count). The molecule has 0 saturated heterocycles. The zero-order valence-electron chi connectivity index (χ0n) is 30.1. The van der Waals surface area contributed by atoms with Crippen molar-refractivity contribution in [1.29, 1.82) is 0 Å². The molecule has 0 spiro atoms. The van der Waals surface area contributed by atoms with Crippen molar-refractivity contribution in [2.45, 2.75) is 106 Å². The van der Waals surface area contributed by atoms with Crippen molar-refractivity contribution in [2.24, 2.45) is 0 Å². The summed E-state index contributed by atoms with van der Waals surface area (Å²) in [4.78, 5) is 2.21. The number of hydrogen-bond donors (Lipinski definition) is 0. The van der Waals surface area contributed by atoms with Crippen LogP contribution in [0, 0.1) is 0 Å². The third-order valence-electron chi connectivity index (χ3n) is 8.46. The van der Waals surface area contributed by atoms with E-state index >= 15 is 0 Å². The molecule has 0 unspecified atom stereocenters. The van der Waals surface area contributed by atoms with Gasteiger partial charge in [0.2, 0.25) is 0 Å². The Morgan fingerprint density at radius 2 is 0.978 bits per heavy atom. The molecule has 0 aromatic heterocycles. The molecule has 4 heteroatoms. The topological polar surface area (TPSA) is 3.24 Å². The van der Waals surface area contributed by atoms with Crippen LogP contribution < -0.4 is 24.9 Å². The molecule has 248 valence electrons. The van der Waals surface area contributed by atoms with Gasteiger partial charge < -0.3 is 4.90 Å². The van der Waals surface area contributed by atoms with Crippen molar-refractivity contribution in [3.8, 4) is 0 Å². The van der Waals surface area contributed by atoms with E-state index in [0.717, 1.165) is 0 Å². The van der Waals surface area contributed by atoms with Gasteiger partial charge in [-0.15, -0.1) is 0 Å². The number of benzene rings is 4. The molecule has 0 aliphatic heterocycles. The Balaban J connectivity index is 0.000000388. The van der Waals surface area contributed by atoms with E-state index in [1.807, 2.05) is 0 Å². The summed E-state index contributed by atoms with van der Waals surface area (Å²) < 4.78 is 1.56. The average molecular weight is 711 g/mol. The third kappa shape index (κ3) is 12.4. The molecule has 0 fully saturated rings. The van der Waals surface area contributed by atoms with E-state index in [0.29, 0.717) is 17.8 Å². The first-order valence-electron chi connectivity index (χ1n) is 17.0. The quantitative estimate of drug-likeness (QED) is 0.117. The molecule has 0 aliphatic carbocycles. The Morgan fingerprint density at radius 1 is 0.587 bits per heavy atom. The standard InChI is InChI=1S/C20H20NSi.C15H24Ge.C6H15Si.CH4/c1-21(2)19-15-9-10-16-20(19)22(17-11-5-3-6-12-17)18-13-7-4-8-14-18;1-9(2)12-7-13(10(3)4)15(16)14(8-12)11(5)6;1-4-7(5-2)6-3;/h3-16H,1-2H3;7-11,16H,1-6H3;4-6H2,1-3H3;1H4. The maximum Gasteiger partial charge on any atom is 0.157 e. The van der Waals surface area contributed by atoms with E-state index in [-0.39, 0.29) is 16.2 Å². The van der Waals surface area contributed by atoms with E-state index < -0.39 is 8.80 Å². The minimum Gasteiger partial charge on any atom is -0.378 e. The van der Waals surface area contributed by atoms with Crippen LogP contribution in [0.15, 0.2) is 97.1 Å². The van der Waals surface area contributed by atoms with Crippen LogP contribution in [-0.4, -0.2) is 48.2 Å². The molecule has 4 aromatic rings. The van der Waals surface area contributed by atoms with Crippen LogP contribution in [0.1, 0.15) is 104 Å². The van der Waals surface area contributed by atoms with Gasteiger partial charge in [0.25, 0.3) is 0 Å². The maximum absolute atomic E-state index is 2.41. The smallest absolute Gasteiger partial charge is 0.157 e. The summed E-state index contributed by atoms with van der Waals surface area (Å²) in [6.45, 7) is 20.7. The van der Waals surface area contributed by atoms with E-state index in [4.69, 9.17) is 0 Å². The summed E-state index contributed by atoms with van der Waals surface area (Å²) in [6, 6.07) is 39.7. The second-order valence-corrected chi connectivity index (χ2v) is 20.2. The normalized spacial score (nSPS) is 10.8. The average Bonchev–Trinajstić information content (AvgIpc) is 3.03. The van der Waals surface area contributed by atoms with Crippen molar-refractivity contribution >= 4 is 59.8 Å². The summed E-state index contributed by atoms with van der Waals surface area (Å²) in [7, 11) is 3.38. The van der Waals surface area contributed by atoms with Gasteiger partial charge in [0.05, 0.1) is 0 Å². The predicted molar refractivity (Wildman–Crippen MR) is 218 cm³/mol. The van der Waals surface area contributed by atoms with E-state index in [1.165, 1.54) is 44.9 Å². The van der Waals surface area contributed by atoms with Crippen molar-refractivity contribution in [3.05, 3.63) is 114 Å². The molecular weight excluding hydrogens is 647 g/mol. The van der Waals surface area contributed by atoms with E-state index in [2.05, 4.69) is 178 Å². The van der Waals surface area contributed by atoms with Crippen LogP contribution in [-0.2, 0) is 0 Å². The van der Waals surface area contributed by atoms with Gasteiger partial charge in [-0.25, -0.2) is 0 Å². The van der Waals surface area contributed by atoms with Crippen LogP contribution in [0.3, 0.4) is 0 Å². The molecule has 0 amide bonds. The molecule has 0 bridgehead atoms. The van der Waals surface area contributed by atoms with E-state index in [9.17, 15) is 0 Å². The van der Waals surface area contributed by atoms with Gasteiger partial charge in [0.1, 0.15) is 0 Å². The molecule has 4 aromatic carbocycles. The molecule has 0 aliphatic rings. The molecule has 0 atom stereocenters. The molecule has 0 saturated carbocycles. The summed E-state index contributed by atoms with van der Waals surface area (Å²) in [6.07, 6.45) is 0. The first kappa shape index (κ1) is 41.7. The van der Waals surface area contributed by atoms with Crippen molar-refractivity contribution in [2.75, 3.05) is 19.0 Å². The van der Waals surface area contributed by atoms with Gasteiger partial charge in [-0.3, -0.25) is 0 Å². The number of rotatable bonds is 10. The number of para-hydroxylation sites is 1. The summed E-state index contributed by atoms with van der Waals surface area (Å²) in [5.41, 5.74) is 5.91. The van der Waals surface area contributed by atoms with Gasteiger partial charge in [-0.05, 0) is 11.3 Å². The minimum atomic E-state index is -0.993. The van der Waals surface area contributed by atoms with Gasteiger partial charge in [-0.1, -0.05) is 136 Å². The van der Waals surface area contributed by atoms with Gasteiger partial charge >= 0.3 is 109 Å². The Labute approximate surface area is 296 Å². The first-order chi connectivity index (χ1) is 21.5. The third-order valence-corrected chi connectivity index (χ3v) is 15.6. The second kappa shape index (κ2) is 21.5. The maximum atomic E-state index is 2.41. The largest absolute Gasteiger partial charge is 0.378 e. The predicted octanol–water partition coefficient (Wildman–Crippen LogP) is 9.03.